The molecule has 1 aromatic rings. The lowest BCUT2D eigenvalue weighted by atomic mass is 10.2. The van der Waals surface area contributed by atoms with E-state index in [4.69, 9.17) is 10.5 Å². The maximum Gasteiger partial charge on any atom is 0.407 e. The first kappa shape index (κ1) is 19.9. The maximum atomic E-state index is 12.3. The number of anilines is 1. The van der Waals surface area contributed by atoms with E-state index < -0.39 is 22.7 Å². The van der Waals surface area contributed by atoms with Crippen LogP contribution in [0.1, 0.15) is 34.1 Å². The quantitative estimate of drug-likeness (QED) is 0.671. The summed E-state index contributed by atoms with van der Waals surface area (Å²) in [5.74, 6) is 0.201. The van der Waals surface area contributed by atoms with Gasteiger partial charge in [-0.3, -0.25) is 0 Å². The van der Waals surface area contributed by atoms with Crippen molar-refractivity contribution >= 4 is 38.8 Å². The monoisotopic (exact) mass is 406 g/mol. The summed E-state index contributed by atoms with van der Waals surface area (Å²) in [5, 5.41) is 2.74. The summed E-state index contributed by atoms with van der Waals surface area (Å²) in [6.07, 6.45) is 1.70. The van der Waals surface area contributed by atoms with Gasteiger partial charge >= 0.3 is 6.09 Å². The van der Waals surface area contributed by atoms with Crippen molar-refractivity contribution in [2.75, 3.05) is 12.3 Å². The molecule has 1 rings (SSSR count). The summed E-state index contributed by atoms with van der Waals surface area (Å²) in [6.45, 7) is 7.62. The fourth-order valence-electron chi connectivity index (χ4n) is 1.61. The average molecular weight is 407 g/mol. The van der Waals surface area contributed by atoms with Gasteiger partial charge in [0.25, 0.3) is 0 Å². The standard InChI is InChI=1S/C14H23BrN4O3S/c1-5-10(19-13(20)22-14(2,3)4)8-18-23(21)11-6-9(15)7-17-12(11)16/h6-7,10,18H,5,8H2,1-4H3,(H2,16,17)(H,19,20). The van der Waals surface area contributed by atoms with Gasteiger partial charge in [0.05, 0.1) is 4.90 Å². The number of hydrogen-bond acceptors (Lipinski definition) is 5. The number of nitrogens with one attached hydrogen (secondary N) is 2. The largest absolute Gasteiger partial charge is 0.444 e. The molecule has 0 spiro atoms. The molecule has 0 aromatic carbocycles. The summed E-state index contributed by atoms with van der Waals surface area (Å²) in [4.78, 5) is 16.1. The molecule has 2 unspecified atom stereocenters. The molecule has 1 amide bonds. The highest BCUT2D eigenvalue weighted by Crippen LogP contribution is 2.18. The number of pyridine rings is 1. The van der Waals surface area contributed by atoms with E-state index in [0.717, 1.165) is 0 Å². The van der Waals surface area contributed by atoms with Gasteiger partial charge in [-0.25, -0.2) is 18.7 Å². The van der Waals surface area contributed by atoms with Crippen molar-refractivity contribution in [2.24, 2.45) is 0 Å². The number of nitrogens with two attached hydrogens (primary N) is 1. The highest BCUT2D eigenvalue weighted by atomic mass is 79.9. The van der Waals surface area contributed by atoms with Crippen LogP contribution < -0.4 is 15.8 Å². The Balaban J connectivity index is 2.58. The van der Waals surface area contributed by atoms with Gasteiger partial charge in [0.15, 0.2) is 0 Å². The van der Waals surface area contributed by atoms with Gasteiger partial charge in [-0.05, 0) is 49.2 Å². The summed E-state index contributed by atoms with van der Waals surface area (Å²) >= 11 is 3.27. The molecule has 4 N–H and O–H groups in total. The second kappa shape index (κ2) is 8.60. The molecule has 0 aliphatic rings. The Morgan fingerprint density at radius 1 is 1.52 bits per heavy atom. The van der Waals surface area contributed by atoms with Crippen molar-refractivity contribution < 1.29 is 13.7 Å². The number of carbonyl (C=O) groups excluding carboxylic acids is 1. The van der Waals surface area contributed by atoms with Crippen molar-refractivity contribution in [3.63, 3.8) is 0 Å². The molecule has 0 fully saturated rings. The fourth-order valence-corrected chi connectivity index (χ4v) is 3.07. The minimum Gasteiger partial charge on any atom is -0.444 e. The number of ether oxygens (including phenoxy) is 1. The zero-order valence-corrected chi connectivity index (χ0v) is 16.1. The van der Waals surface area contributed by atoms with Crippen LogP contribution in [0.4, 0.5) is 10.6 Å². The summed E-state index contributed by atoms with van der Waals surface area (Å²) in [6, 6.07) is 1.43. The van der Waals surface area contributed by atoms with Gasteiger partial charge in [-0.1, -0.05) is 6.92 Å². The predicted molar refractivity (Wildman–Crippen MR) is 94.2 cm³/mol. The Bertz CT molecular complexity index is 578. The Kier molecular flexibility index (Phi) is 7.43. The number of carbonyl (C=O) groups is 1. The molecule has 1 heterocycles. The third kappa shape index (κ3) is 7.28. The first-order valence-electron chi connectivity index (χ1n) is 7.18. The van der Waals surface area contributed by atoms with Crippen molar-refractivity contribution in [2.45, 2.75) is 50.7 Å². The van der Waals surface area contributed by atoms with Crippen molar-refractivity contribution in [3.8, 4) is 0 Å². The van der Waals surface area contributed by atoms with Crippen LogP contribution in [0, 0.1) is 0 Å². The molecule has 130 valence electrons. The summed E-state index contributed by atoms with van der Waals surface area (Å²) < 4.78 is 21.0. The zero-order valence-electron chi connectivity index (χ0n) is 13.7. The Labute approximate surface area is 147 Å². The van der Waals surface area contributed by atoms with Crippen LogP contribution in [0.2, 0.25) is 0 Å². The molecule has 7 nitrogen and oxygen atoms in total. The van der Waals surface area contributed by atoms with E-state index in [1.165, 1.54) is 6.20 Å². The maximum absolute atomic E-state index is 12.3. The molecule has 0 radical (unpaired) electrons. The molecule has 1 aromatic heterocycles. The van der Waals surface area contributed by atoms with Crippen LogP contribution in [0.5, 0.6) is 0 Å². The lowest BCUT2D eigenvalue weighted by Crippen LogP contribution is -2.44. The van der Waals surface area contributed by atoms with Crippen LogP contribution in [0.3, 0.4) is 0 Å². The lowest BCUT2D eigenvalue weighted by molar-refractivity contribution is 0.0504. The molecule has 23 heavy (non-hydrogen) atoms. The molecule has 0 saturated heterocycles. The number of rotatable bonds is 6. The lowest BCUT2D eigenvalue weighted by Gasteiger charge is -2.23. The molecule has 9 heteroatoms. The van der Waals surface area contributed by atoms with Crippen LogP contribution >= 0.6 is 15.9 Å². The molecule has 0 saturated carbocycles. The third-order valence-electron chi connectivity index (χ3n) is 2.72. The number of nitrogens with zero attached hydrogens (tertiary/aromatic N) is 1. The molecular weight excluding hydrogens is 384 g/mol. The first-order valence-corrected chi connectivity index (χ1v) is 9.12. The normalized spacial score (nSPS) is 14.1. The molecule has 0 aliphatic carbocycles. The van der Waals surface area contributed by atoms with E-state index in [-0.39, 0.29) is 11.9 Å². The number of nitrogen functional groups attached to an aromatic ring is 1. The average Bonchev–Trinajstić information content (AvgIpc) is 2.43. The third-order valence-corrected chi connectivity index (χ3v) is 4.31. The summed E-state index contributed by atoms with van der Waals surface area (Å²) in [7, 11) is -1.52. The van der Waals surface area contributed by atoms with Gasteiger partial charge in [0, 0.05) is 23.3 Å². The van der Waals surface area contributed by atoms with E-state index in [0.29, 0.717) is 22.3 Å². The Morgan fingerprint density at radius 2 is 2.17 bits per heavy atom. The van der Waals surface area contributed by atoms with Crippen LogP contribution in [-0.2, 0) is 15.7 Å². The van der Waals surface area contributed by atoms with Crippen LogP contribution in [0.15, 0.2) is 21.6 Å². The van der Waals surface area contributed by atoms with E-state index in [1.54, 1.807) is 26.8 Å². The number of hydrogen-bond donors (Lipinski definition) is 3. The van der Waals surface area contributed by atoms with E-state index in [2.05, 4.69) is 31.0 Å². The highest BCUT2D eigenvalue weighted by molar-refractivity contribution is 9.10. The van der Waals surface area contributed by atoms with Gasteiger partial charge in [-0.2, -0.15) is 0 Å². The van der Waals surface area contributed by atoms with Crippen LogP contribution in [0.25, 0.3) is 0 Å². The SMILES string of the molecule is CCC(CNS(=O)c1cc(Br)cnc1N)NC(=O)OC(C)(C)C. The van der Waals surface area contributed by atoms with Gasteiger partial charge in [-0.15, -0.1) is 0 Å². The van der Waals surface area contributed by atoms with Gasteiger partial charge < -0.3 is 15.8 Å². The van der Waals surface area contributed by atoms with Crippen LogP contribution in [-0.4, -0.2) is 33.5 Å². The number of halogens is 1. The topological polar surface area (TPSA) is 106 Å². The highest BCUT2D eigenvalue weighted by Gasteiger charge is 2.19. The fraction of sp³-hybridized carbons (Fsp3) is 0.571. The second-order valence-electron chi connectivity index (χ2n) is 5.91. The number of aromatic nitrogens is 1. The van der Waals surface area contributed by atoms with E-state index >= 15 is 0 Å². The smallest absolute Gasteiger partial charge is 0.407 e. The Morgan fingerprint density at radius 3 is 2.74 bits per heavy atom. The van der Waals surface area contributed by atoms with Crippen molar-refractivity contribution in [1.82, 2.24) is 15.0 Å². The molecule has 0 aliphatic heterocycles. The minimum atomic E-state index is -1.52. The second-order valence-corrected chi connectivity index (χ2v) is 8.09. The van der Waals surface area contributed by atoms with Crippen molar-refractivity contribution in [3.05, 3.63) is 16.7 Å². The predicted octanol–water partition coefficient (Wildman–Crippen LogP) is 2.34. The number of amides is 1. The first-order chi connectivity index (χ1) is 10.6. The molecule has 2 atom stereocenters. The molecule has 0 bridgehead atoms. The van der Waals surface area contributed by atoms with Crippen molar-refractivity contribution in [1.29, 1.82) is 0 Å². The molecular formula is C14H23BrN4O3S. The number of alkyl carbamates (subject to hydrolysis) is 1. The zero-order chi connectivity index (χ0) is 17.6. The van der Waals surface area contributed by atoms with Gasteiger partial charge in [0.1, 0.15) is 22.4 Å². The van der Waals surface area contributed by atoms with E-state index in [1.807, 2.05) is 6.92 Å². The van der Waals surface area contributed by atoms with E-state index in [9.17, 15) is 9.00 Å². The summed E-state index contributed by atoms with van der Waals surface area (Å²) in [5.41, 5.74) is 5.16. The van der Waals surface area contributed by atoms with Gasteiger partial charge in [0.2, 0.25) is 0 Å². The Hall–Kier alpha value is -1.19. The minimum absolute atomic E-state index is 0.201.